The van der Waals surface area contributed by atoms with Gasteiger partial charge in [0.1, 0.15) is 5.65 Å². The van der Waals surface area contributed by atoms with Crippen LogP contribution < -0.4 is 5.32 Å². The van der Waals surface area contributed by atoms with Crippen molar-refractivity contribution in [1.29, 1.82) is 0 Å². The number of amides is 1. The SMILES string of the molecule is CO[C@](C)(C(=O)N1CCc2cc(-c3cnc4[nH]cc(C)c4c3)cc([C@@H]3CCCN3)c2C1)C(F)(F)F. The van der Waals surface area contributed by atoms with Crippen molar-refractivity contribution in [3.05, 3.63) is 52.8 Å². The highest BCUT2D eigenvalue weighted by Gasteiger charge is 2.59. The van der Waals surface area contributed by atoms with Crippen molar-refractivity contribution in [2.75, 3.05) is 20.2 Å². The van der Waals surface area contributed by atoms with Crippen molar-refractivity contribution in [2.45, 2.75) is 57.5 Å². The van der Waals surface area contributed by atoms with E-state index < -0.39 is 17.7 Å². The van der Waals surface area contributed by atoms with Crippen LogP contribution in [0.1, 0.15) is 48.1 Å². The molecule has 1 amide bonds. The fourth-order valence-corrected chi connectivity index (χ4v) is 5.22. The Balaban J connectivity index is 1.55. The Hall–Kier alpha value is -2.91. The van der Waals surface area contributed by atoms with Crippen LogP contribution in [0.25, 0.3) is 22.2 Å². The number of hydrogen-bond donors (Lipinski definition) is 2. The first-order chi connectivity index (χ1) is 16.6. The number of ether oxygens (including phenoxy) is 1. The van der Waals surface area contributed by atoms with Gasteiger partial charge in [0, 0.05) is 49.6 Å². The highest BCUT2D eigenvalue weighted by Crippen LogP contribution is 2.39. The summed E-state index contributed by atoms with van der Waals surface area (Å²) in [5.74, 6) is -1.05. The molecule has 0 spiro atoms. The van der Waals surface area contributed by atoms with Crippen molar-refractivity contribution in [2.24, 2.45) is 0 Å². The third-order valence-corrected chi connectivity index (χ3v) is 7.53. The number of aryl methyl sites for hydroxylation is 1. The quantitative estimate of drug-likeness (QED) is 0.555. The maximum atomic E-state index is 13.7. The summed E-state index contributed by atoms with van der Waals surface area (Å²) in [7, 11) is 0.931. The Morgan fingerprint density at radius 1 is 1.23 bits per heavy atom. The minimum Gasteiger partial charge on any atom is -0.361 e. The molecule has 3 aromatic rings. The largest absolute Gasteiger partial charge is 0.426 e. The molecule has 0 bridgehead atoms. The molecule has 186 valence electrons. The summed E-state index contributed by atoms with van der Waals surface area (Å²) in [6.45, 7) is 4.06. The lowest BCUT2D eigenvalue weighted by Crippen LogP contribution is -2.58. The number of rotatable bonds is 4. The number of fused-ring (bicyclic) bond motifs is 2. The van der Waals surface area contributed by atoms with Gasteiger partial charge in [-0.2, -0.15) is 13.2 Å². The molecule has 0 saturated carbocycles. The van der Waals surface area contributed by atoms with E-state index in [1.807, 2.05) is 19.3 Å². The predicted molar refractivity (Wildman–Crippen MR) is 127 cm³/mol. The van der Waals surface area contributed by atoms with Gasteiger partial charge in [-0.15, -0.1) is 0 Å². The molecule has 0 aliphatic carbocycles. The van der Waals surface area contributed by atoms with E-state index in [1.54, 1.807) is 0 Å². The Morgan fingerprint density at radius 2 is 2.03 bits per heavy atom. The molecule has 35 heavy (non-hydrogen) atoms. The second-order valence-electron chi connectivity index (χ2n) is 9.66. The van der Waals surface area contributed by atoms with Crippen LogP contribution in [0.5, 0.6) is 0 Å². The monoisotopic (exact) mass is 486 g/mol. The first-order valence-electron chi connectivity index (χ1n) is 11.9. The number of aromatic amines is 1. The summed E-state index contributed by atoms with van der Waals surface area (Å²) in [4.78, 5) is 22.0. The van der Waals surface area contributed by atoms with Gasteiger partial charge in [0.05, 0.1) is 0 Å². The van der Waals surface area contributed by atoms with Gasteiger partial charge in [-0.25, -0.2) is 4.98 Å². The molecule has 6 nitrogen and oxygen atoms in total. The lowest BCUT2D eigenvalue weighted by molar-refractivity contribution is -0.258. The molecule has 2 aliphatic rings. The summed E-state index contributed by atoms with van der Waals surface area (Å²) in [6.07, 6.45) is 1.42. The standard InChI is InChI=1S/C26H29F3N4O2/c1-15-12-31-23-19(15)11-18(13-32-23)17-9-16-6-8-33(24(34)25(2,35-3)26(27,28)29)14-21(16)20(10-17)22-5-4-7-30-22/h9-13,22,30H,4-8,14H2,1-3H3,(H,31,32)/t22-,25+/m0/s1. The number of carbonyl (C=O) groups is 1. The number of alkyl halides is 3. The van der Waals surface area contributed by atoms with Gasteiger partial charge in [-0.1, -0.05) is 6.07 Å². The third-order valence-electron chi connectivity index (χ3n) is 7.53. The van der Waals surface area contributed by atoms with Crippen molar-refractivity contribution in [3.8, 4) is 11.1 Å². The average Bonchev–Trinajstić information content (AvgIpc) is 3.51. The fourth-order valence-electron chi connectivity index (χ4n) is 5.22. The Kier molecular flexibility index (Phi) is 5.88. The number of carbonyl (C=O) groups excluding carboxylic acids is 1. The number of benzene rings is 1. The zero-order valence-corrected chi connectivity index (χ0v) is 20.1. The number of aromatic nitrogens is 2. The molecule has 1 aromatic carbocycles. The molecular weight excluding hydrogens is 457 g/mol. The van der Waals surface area contributed by atoms with E-state index in [0.717, 1.165) is 77.8 Å². The molecule has 2 N–H and O–H groups in total. The summed E-state index contributed by atoms with van der Waals surface area (Å²) >= 11 is 0. The highest BCUT2D eigenvalue weighted by atomic mass is 19.4. The minimum absolute atomic E-state index is 0.0980. The topological polar surface area (TPSA) is 70.2 Å². The summed E-state index contributed by atoms with van der Waals surface area (Å²) in [5, 5.41) is 4.58. The summed E-state index contributed by atoms with van der Waals surface area (Å²) in [6, 6.07) is 6.42. The van der Waals surface area contributed by atoms with Crippen molar-refractivity contribution < 1.29 is 22.7 Å². The van der Waals surface area contributed by atoms with Crippen LogP contribution in [0.2, 0.25) is 0 Å². The van der Waals surface area contributed by atoms with Gasteiger partial charge in [0.25, 0.3) is 5.91 Å². The Morgan fingerprint density at radius 3 is 2.71 bits per heavy atom. The van der Waals surface area contributed by atoms with Crippen molar-refractivity contribution in [3.63, 3.8) is 0 Å². The lowest BCUT2D eigenvalue weighted by Gasteiger charge is -2.38. The maximum Gasteiger partial charge on any atom is 0.426 e. The van der Waals surface area contributed by atoms with E-state index in [4.69, 9.17) is 4.74 Å². The third kappa shape index (κ3) is 4.00. The zero-order valence-electron chi connectivity index (χ0n) is 20.1. The molecule has 1 saturated heterocycles. The minimum atomic E-state index is -4.80. The first-order valence-corrected chi connectivity index (χ1v) is 11.9. The van der Waals surface area contributed by atoms with Gasteiger partial charge in [-0.3, -0.25) is 4.79 Å². The molecule has 5 rings (SSSR count). The van der Waals surface area contributed by atoms with E-state index in [0.29, 0.717) is 6.42 Å². The molecule has 1 fully saturated rings. The van der Waals surface area contributed by atoms with Crippen LogP contribution in [-0.2, 0) is 22.5 Å². The number of methoxy groups -OCH3 is 1. The van der Waals surface area contributed by atoms with Crippen LogP contribution in [0.3, 0.4) is 0 Å². The van der Waals surface area contributed by atoms with Gasteiger partial charge in [-0.05, 0) is 79.6 Å². The Labute approximate surface area is 201 Å². The van der Waals surface area contributed by atoms with E-state index in [2.05, 4.69) is 33.5 Å². The fraction of sp³-hybridized carbons (Fsp3) is 0.462. The van der Waals surface area contributed by atoms with Crippen LogP contribution in [0, 0.1) is 6.92 Å². The van der Waals surface area contributed by atoms with Crippen LogP contribution in [-0.4, -0.2) is 52.8 Å². The number of pyridine rings is 1. The number of nitrogens with zero attached hydrogens (tertiary/aromatic N) is 2. The molecule has 0 unspecified atom stereocenters. The van der Waals surface area contributed by atoms with E-state index in [1.165, 1.54) is 4.90 Å². The van der Waals surface area contributed by atoms with Crippen molar-refractivity contribution in [1.82, 2.24) is 20.2 Å². The zero-order chi connectivity index (χ0) is 25.0. The molecular formula is C26H29F3N4O2. The van der Waals surface area contributed by atoms with Crippen LogP contribution in [0.4, 0.5) is 13.2 Å². The number of H-pyrrole nitrogens is 1. The van der Waals surface area contributed by atoms with Crippen molar-refractivity contribution >= 4 is 16.9 Å². The number of hydrogen-bond acceptors (Lipinski definition) is 4. The molecule has 2 aliphatic heterocycles. The summed E-state index contributed by atoms with van der Waals surface area (Å²) < 4.78 is 45.8. The smallest absolute Gasteiger partial charge is 0.361 e. The normalized spacial score (nSPS) is 20.2. The second kappa shape index (κ2) is 8.64. The Bertz CT molecular complexity index is 1280. The number of nitrogens with one attached hydrogen (secondary N) is 2. The molecule has 2 atom stereocenters. The van der Waals surface area contributed by atoms with Gasteiger partial charge >= 0.3 is 6.18 Å². The maximum absolute atomic E-state index is 13.7. The van der Waals surface area contributed by atoms with Gasteiger partial charge < -0.3 is 19.9 Å². The molecule has 2 aromatic heterocycles. The van der Waals surface area contributed by atoms with E-state index in [9.17, 15) is 18.0 Å². The average molecular weight is 487 g/mol. The van der Waals surface area contributed by atoms with E-state index >= 15 is 0 Å². The van der Waals surface area contributed by atoms with Gasteiger partial charge in [0.2, 0.25) is 5.60 Å². The summed E-state index contributed by atoms with van der Waals surface area (Å²) in [5.41, 5.74) is 4.14. The second-order valence-corrected chi connectivity index (χ2v) is 9.66. The highest BCUT2D eigenvalue weighted by molar-refractivity contribution is 5.87. The molecule has 0 radical (unpaired) electrons. The van der Waals surface area contributed by atoms with Crippen LogP contribution in [0.15, 0.2) is 30.6 Å². The predicted octanol–water partition coefficient (Wildman–Crippen LogP) is 4.81. The number of halogens is 3. The van der Waals surface area contributed by atoms with E-state index in [-0.39, 0.29) is 19.1 Å². The first kappa shape index (κ1) is 23.8. The lowest BCUT2D eigenvalue weighted by atomic mass is 9.86. The van der Waals surface area contributed by atoms with Gasteiger partial charge in [0.15, 0.2) is 0 Å². The molecule has 9 heteroatoms. The molecule has 4 heterocycles. The van der Waals surface area contributed by atoms with Crippen LogP contribution >= 0.6 is 0 Å².